The van der Waals surface area contributed by atoms with Crippen molar-refractivity contribution in [1.82, 2.24) is 0 Å². The molecule has 0 spiro atoms. The Morgan fingerprint density at radius 2 is 1.75 bits per heavy atom. The van der Waals surface area contributed by atoms with Gasteiger partial charge in [-0.2, -0.15) is 0 Å². The van der Waals surface area contributed by atoms with E-state index in [2.05, 4.69) is 0 Å². The summed E-state index contributed by atoms with van der Waals surface area (Å²) < 4.78 is 11.1. The van der Waals surface area contributed by atoms with Gasteiger partial charge in [-0.3, -0.25) is 0 Å². The van der Waals surface area contributed by atoms with Crippen molar-refractivity contribution < 1.29 is 46.8 Å². The van der Waals surface area contributed by atoms with Gasteiger partial charge >= 0.3 is 0 Å². The Balaban J connectivity index is 0.00000361. The van der Waals surface area contributed by atoms with Gasteiger partial charge in [0.1, 0.15) is 31.0 Å². The number of quaternary nitrogens is 1. The molecule has 1 rings (SSSR count). The van der Waals surface area contributed by atoms with Gasteiger partial charge in [0.05, 0.1) is 27.3 Å². The summed E-state index contributed by atoms with van der Waals surface area (Å²) in [5, 5.41) is 37.9. The zero-order valence-corrected chi connectivity index (χ0v) is 13.0. The molecule has 0 amide bonds. The van der Waals surface area contributed by atoms with Crippen molar-refractivity contribution >= 4 is 11.6 Å². The molecule has 0 saturated carbocycles. The average Bonchev–Trinajstić information content (AvgIpc) is 2.38. The van der Waals surface area contributed by atoms with Crippen LogP contribution in [0.5, 0.6) is 0 Å². The molecule has 0 aromatic heterocycles. The number of likely N-dealkylation sites (N-methyl/N-ethyl adjacent to an activating group) is 1. The van der Waals surface area contributed by atoms with E-state index in [0.29, 0.717) is 17.0 Å². The van der Waals surface area contributed by atoms with Gasteiger partial charge in [0.15, 0.2) is 12.3 Å². The van der Waals surface area contributed by atoms with E-state index in [1.807, 2.05) is 14.1 Å². The largest absolute Gasteiger partial charge is 1.00 e. The zero-order chi connectivity index (χ0) is 14.6. The normalized spacial score (nSPS) is 34.6. The van der Waals surface area contributed by atoms with Crippen LogP contribution in [0.2, 0.25) is 0 Å². The molecule has 1 fully saturated rings. The number of aliphatic hydroxyl groups excluding tert-OH is 4. The molecule has 1 saturated heterocycles. The summed E-state index contributed by atoms with van der Waals surface area (Å²) >= 11 is 5.76. The maximum atomic E-state index is 9.74. The third-order valence-corrected chi connectivity index (χ3v) is 3.80. The lowest BCUT2D eigenvalue weighted by atomic mass is 9.99. The van der Waals surface area contributed by atoms with Crippen molar-refractivity contribution in [3.05, 3.63) is 0 Å². The molecule has 4 N–H and O–H groups in total. The van der Waals surface area contributed by atoms with Crippen LogP contribution in [0, 0.1) is 0 Å². The Hall–Kier alpha value is 0.300. The second-order valence-electron chi connectivity index (χ2n) is 5.35. The van der Waals surface area contributed by atoms with Crippen LogP contribution in [-0.2, 0) is 9.47 Å². The number of hydrogen-bond donors (Lipinski definition) is 4. The first kappa shape index (κ1) is 20.3. The Morgan fingerprint density at radius 1 is 1.15 bits per heavy atom. The van der Waals surface area contributed by atoms with E-state index in [9.17, 15) is 15.3 Å². The standard InChI is InChI=1S/C11H23ClNO6.ClH/c1-13(2,6-12)3-4-18-11-10(17)9(16)8(15)7(5-14)19-11;/h7-11,14-17H,3-6H2,1-2H3;1H/q+1;/p-1/t7-,8-,9+,10-,11-;/m1./s1. The molecule has 1 aliphatic rings. The molecule has 7 nitrogen and oxygen atoms in total. The predicted molar refractivity (Wildman–Crippen MR) is 67.4 cm³/mol. The van der Waals surface area contributed by atoms with E-state index in [-0.39, 0.29) is 19.0 Å². The van der Waals surface area contributed by atoms with Crippen molar-refractivity contribution in [3.63, 3.8) is 0 Å². The van der Waals surface area contributed by atoms with Crippen molar-refractivity contribution in [2.75, 3.05) is 39.9 Å². The smallest absolute Gasteiger partial charge is 0.186 e. The first-order chi connectivity index (χ1) is 8.82. The van der Waals surface area contributed by atoms with Gasteiger partial charge in [-0.15, -0.1) is 0 Å². The van der Waals surface area contributed by atoms with Crippen LogP contribution in [0.3, 0.4) is 0 Å². The average molecular weight is 336 g/mol. The van der Waals surface area contributed by atoms with Crippen molar-refractivity contribution in [3.8, 4) is 0 Å². The fourth-order valence-corrected chi connectivity index (χ4v) is 1.80. The molecule has 9 heteroatoms. The molecule has 20 heavy (non-hydrogen) atoms. The zero-order valence-electron chi connectivity index (χ0n) is 11.5. The van der Waals surface area contributed by atoms with E-state index in [4.69, 9.17) is 26.2 Å². The van der Waals surface area contributed by atoms with Gasteiger partial charge in [-0.1, -0.05) is 11.6 Å². The molecule has 0 aromatic rings. The van der Waals surface area contributed by atoms with Gasteiger partial charge in [-0.25, -0.2) is 0 Å². The van der Waals surface area contributed by atoms with Gasteiger partial charge in [0.2, 0.25) is 0 Å². The summed E-state index contributed by atoms with van der Waals surface area (Å²) in [6.07, 6.45) is -6.16. The molecular formula is C11H23Cl2NO6. The molecule has 122 valence electrons. The van der Waals surface area contributed by atoms with Crippen LogP contribution >= 0.6 is 11.6 Å². The quantitative estimate of drug-likeness (QED) is 0.220. The van der Waals surface area contributed by atoms with Gasteiger partial charge < -0.3 is 46.8 Å². The molecular weight excluding hydrogens is 313 g/mol. The minimum absolute atomic E-state index is 0. The highest BCUT2D eigenvalue weighted by Gasteiger charge is 2.44. The summed E-state index contributed by atoms with van der Waals surface area (Å²) in [4.78, 5) is 0. The Bertz CT molecular complexity index is 282. The van der Waals surface area contributed by atoms with Crippen LogP contribution in [0.15, 0.2) is 0 Å². The lowest BCUT2D eigenvalue weighted by Crippen LogP contribution is -3.00. The SMILES string of the molecule is C[N+](C)(CCl)CCO[C@@H]1O[C@H](CO)[C@@H](O)[C@H](O)[C@H]1O.[Cl-]. The van der Waals surface area contributed by atoms with Gasteiger partial charge in [-0.05, 0) is 0 Å². The molecule has 5 atom stereocenters. The molecule has 0 bridgehead atoms. The number of alkyl halides is 1. The van der Waals surface area contributed by atoms with Gasteiger partial charge in [0, 0.05) is 0 Å². The van der Waals surface area contributed by atoms with Crippen LogP contribution in [0.4, 0.5) is 0 Å². The number of aliphatic hydroxyl groups is 4. The Labute approximate surface area is 129 Å². The molecule has 0 aliphatic carbocycles. The number of halogens is 2. The molecule has 0 aromatic carbocycles. The minimum atomic E-state index is -1.41. The number of ether oxygens (including phenoxy) is 2. The Kier molecular flexibility index (Phi) is 8.80. The topological polar surface area (TPSA) is 99.4 Å². The summed E-state index contributed by atoms with van der Waals surface area (Å²) in [7, 11) is 3.84. The predicted octanol–water partition coefficient (Wildman–Crippen LogP) is -4.92. The third kappa shape index (κ3) is 5.25. The summed E-state index contributed by atoms with van der Waals surface area (Å²) in [5.41, 5.74) is 0. The highest BCUT2D eigenvalue weighted by atomic mass is 35.5. The number of nitrogens with zero attached hydrogens (tertiary/aromatic N) is 1. The van der Waals surface area contributed by atoms with E-state index in [0.717, 1.165) is 0 Å². The lowest BCUT2D eigenvalue weighted by molar-refractivity contribution is -0.879. The minimum Gasteiger partial charge on any atom is -1.00 e. The van der Waals surface area contributed by atoms with E-state index in [1.165, 1.54) is 0 Å². The number of hydrogen-bond acceptors (Lipinski definition) is 6. The van der Waals surface area contributed by atoms with Crippen molar-refractivity contribution in [2.45, 2.75) is 30.7 Å². The number of rotatable bonds is 6. The molecule has 1 heterocycles. The highest BCUT2D eigenvalue weighted by Crippen LogP contribution is 2.21. The molecule has 0 radical (unpaired) electrons. The summed E-state index contributed by atoms with van der Waals surface area (Å²) in [5.74, 6) is 0. The second-order valence-corrected chi connectivity index (χ2v) is 5.59. The van der Waals surface area contributed by atoms with Crippen LogP contribution in [0.25, 0.3) is 0 Å². The first-order valence-electron chi connectivity index (χ1n) is 6.12. The fourth-order valence-electron chi connectivity index (χ4n) is 1.68. The Morgan fingerprint density at radius 3 is 2.25 bits per heavy atom. The molecule has 1 aliphatic heterocycles. The van der Waals surface area contributed by atoms with Gasteiger partial charge in [0.25, 0.3) is 0 Å². The summed E-state index contributed by atoms with van der Waals surface area (Å²) in [6.45, 7) is 0.398. The van der Waals surface area contributed by atoms with Crippen LogP contribution in [-0.4, -0.2) is 95.5 Å². The van der Waals surface area contributed by atoms with E-state index in [1.54, 1.807) is 0 Å². The third-order valence-electron chi connectivity index (χ3n) is 3.15. The van der Waals surface area contributed by atoms with E-state index < -0.39 is 37.3 Å². The maximum Gasteiger partial charge on any atom is 0.186 e. The lowest BCUT2D eigenvalue weighted by Gasteiger charge is -2.39. The van der Waals surface area contributed by atoms with Crippen molar-refractivity contribution in [1.29, 1.82) is 0 Å². The summed E-state index contributed by atoms with van der Waals surface area (Å²) in [6, 6.07) is 0.415. The van der Waals surface area contributed by atoms with E-state index >= 15 is 0 Å². The molecule has 0 unspecified atom stereocenters. The first-order valence-corrected chi connectivity index (χ1v) is 6.66. The highest BCUT2D eigenvalue weighted by molar-refractivity contribution is 6.16. The van der Waals surface area contributed by atoms with Crippen LogP contribution < -0.4 is 12.4 Å². The van der Waals surface area contributed by atoms with Crippen molar-refractivity contribution in [2.24, 2.45) is 0 Å². The van der Waals surface area contributed by atoms with Crippen LogP contribution in [0.1, 0.15) is 0 Å². The second kappa shape index (κ2) is 8.67. The fraction of sp³-hybridized carbons (Fsp3) is 1.00. The monoisotopic (exact) mass is 335 g/mol. The maximum absolute atomic E-state index is 9.74.